The summed E-state index contributed by atoms with van der Waals surface area (Å²) in [6, 6.07) is 2.02. The lowest BCUT2D eigenvalue weighted by atomic mass is 10.5. The van der Waals surface area contributed by atoms with Gasteiger partial charge in [-0.2, -0.15) is 0 Å². The van der Waals surface area contributed by atoms with Crippen LogP contribution in [-0.2, 0) is 0 Å². The van der Waals surface area contributed by atoms with Crippen LogP contribution in [0.1, 0.15) is 5.69 Å². The highest BCUT2D eigenvalue weighted by molar-refractivity contribution is 14.1. The number of nitrogens with two attached hydrogens (primary N) is 1. The molecule has 2 N–H and O–H groups in total. The van der Waals surface area contributed by atoms with E-state index in [0.717, 1.165) is 19.4 Å². The molecule has 13 heavy (non-hydrogen) atoms. The van der Waals surface area contributed by atoms with Gasteiger partial charge in [-0.25, -0.2) is 4.98 Å². The normalized spacial score (nSPS) is 11.0. The fourth-order valence-corrected chi connectivity index (χ4v) is 2.75. The number of hydrogen-bond acceptors (Lipinski definition) is 2. The number of fused-ring (bicyclic) bond motifs is 1. The number of aromatic nitrogens is 2. The number of rotatable bonds is 0. The van der Waals surface area contributed by atoms with Crippen molar-refractivity contribution in [1.82, 2.24) is 9.38 Å². The smallest absolute Gasteiger partial charge is 0.153 e. The van der Waals surface area contributed by atoms with Crippen LogP contribution in [0.25, 0.3) is 5.65 Å². The number of nitrogen functional groups attached to an aromatic ring is 1. The molecule has 2 heterocycles. The van der Waals surface area contributed by atoms with Crippen molar-refractivity contribution >= 4 is 50.0 Å². The molecule has 0 saturated carbocycles. The van der Waals surface area contributed by atoms with Crippen LogP contribution in [-0.4, -0.2) is 9.38 Å². The van der Waals surface area contributed by atoms with Crippen molar-refractivity contribution in [3.05, 3.63) is 26.0 Å². The molecule has 2 aromatic rings. The lowest BCUT2D eigenvalue weighted by Gasteiger charge is -1.99. The maximum Gasteiger partial charge on any atom is 0.153 e. The first-order valence-corrected chi connectivity index (χ1v) is 5.56. The molecule has 0 bridgehead atoms. The fraction of sp³-hybridized carbons (Fsp3) is 0.125. The fourth-order valence-electron chi connectivity index (χ4n) is 1.20. The van der Waals surface area contributed by atoms with Crippen LogP contribution in [0, 0.1) is 10.5 Å². The van der Waals surface area contributed by atoms with Gasteiger partial charge in [0.1, 0.15) is 5.82 Å². The molecule has 0 unspecified atom stereocenters. The number of halogens is 2. The molecular weight excluding hydrogens is 345 g/mol. The standard InChI is InChI=1S/C8H7BrIN3/c1-4-7(11)13-3-5(10)2-6(9)8(13)12-4/h2-3H,11H2,1H3. The van der Waals surface area contributed by atoms with E-state index >= 15 is 0 Å². The zero-order chi connectivity index (χ0) is 9.59. The predicted octanol–water partition coefficient (Wildman–Crippen LogP) is 2.59. The number of hydrogen-bond donors (Lipinski definition) is 1. The molecule has 0 saturated heterocycles. The summed E-state index contributed by atoms with van der Waals surface area (Å²) in [5.41, 5.74) is 7.59. The van der Waals surface area contributed by atoms with Crippen molar-refractivity contribution in [2.24, 2.45) is 0 Å². The SMILES string of the molecule is Cc1nc2c(Br)cc(I)cn2c1N. The summed E-state index contributed by atoms with van der Waals surface area (Å²) in [4.78, 5) is 4.34. The zero-order valence-corrected chi connectivity index (χ0v) is 10.6. The molecule has 2 aromatic heterocycles. The van der Waals surface area contributed by atoms with Crippen LogP contribution < -0.4 is 5.73 Å². The lowest BCUT2D eigenvalue weighted by Crippen LogP contribution is -1.94. The van der Waals surface area contributed by atoms with Crippen molar-refractivity contribution < 1.29 is 0 Å². The molecule has 0 aromatic carbocycles. The van der Waals surface area contributed by atoms with Crippen LogP contribution in [0.4, 0.5) is 5.82 Å². The number of nitrogens with zero attached hydrogens (tertiary/aromatic N) is 2. The highest BCUT2D eigenvalue weighted by atomic mass is 127. The van der Waals surface area contributed by atoms with E-state index in [1.165, 1.54) is 0 Å². The minimum Gasteiger partial charge on any atom is -0.383 e. The van der Waals surface area contributed by atoms with Gasteiger partial charge in [-0.1, -0.05) is 0 Å². The van der Waals surface area contributed by atoms with Gasteiger partial charge in [-0.15, -0.1) is 0 Å². The minimum atomic E-state index is 0.703. The summed E-state index contributed by atoms with van der Waals surface area (Å²) in [5, 5.41) is 0. The number of pyridine rings is 1. The summed E-state index contributed by atoms with van der Waals surface area (Å²) < 4.78 is 3.99. The third kappa shape index (κ3) is 1.43. The van der Waals surface area contributed by atoms with E-state index in [0.29, 0.717) is 5.82 Å². The topological polar surface area (TPSA) is 43.3 Å². The Bertz CT molecular complexity index is 478. The van der Waals surface area contributed by atoms with E-state index in [2.05, 4.69) is 43.5 Å². The van der Waals surface area contributed by atoms with Crippen molar-refractivity contribution in [3.8, 4) is 0 Å². The lowest BCUT2D eigenvalue weighted by molar-refractivity contribution is 1.17. The zero-order valence-electron chi connectivity index (χ0n) is 6.88. The number of anilines is 1. The van der Waals surface area contributed by atoms with Crippen molar-refractivity contribution in [2.75, 3.05) is 5.73 Å². The summed E-state index contributed by atoms with van der Waals surface area (Å²) in [5.74, 6) is 0.703. The highest BCUT2D eigenvalue weighted by Gasteiger charge is 2.08. The monoisotopic (exact) mass is 351 g/mol. The van der Waals surface area contributed by atoms with Gasteiger partial charge in [-0.3, -0.25) is 4.40 Å². The Labute approximate surface area is 97.6 Å². The highest BCUT2D eigenvalue weighted by Crippen LogP contribution is 2.23. The third-order valence-electron chi connectivity index (χ3n) is 1.86. The predicted molar refractivity (Wildman–Crippen MR) is 64.8 cm³/mol. The van der Waals surface area contributed by atoms with E-state index in [4.69, 9.17) is 5.73 Å². The Hall–Kier alpha value is -0.300. The Balaban J connectivity index is 2.94. The van der Waals surface area contributed by atoms with E-state index in [1.54, 1.807) is 0 Å². The summed E-state index contributed by atoms with van der Waals surface area (Å²) in [7, 11) is 0. The summed E-state index contributed by atoms with van der Waals surface area (Å²) >= 11 is 5.70. The largest absolute Gasteiger partial charge is 0.383 e. The van der Waals surface area contributed by atoms with Gasteiger partial charge in [0.15, 0.2) is 5.65 Å². The second-order valence-electron chi connectivity index (χ2n) is 2.78. The van der Waals surface area contributed by atoms with Gasteiger partial charge in [0.05, 0.1) is 10.2 Å². The first kappa shape index (κ1) is 9.26. The quantitative estimate of drug-likeness (QED) is 0.741. The Morgan fingerprint density at radius 1 is 1.62 bits per heavy atom. The molecule has 0 amide bonds. The second kappa shape index (κ2) is 3.13. The van der Waals surface area contributed by atoms with E-state index in [1.807, 2.05) is 23.6 Å². The van der Waals surface area contributed by atoms with E-state index in [-0.39, 0.29) is 0 Å². The molecule has 5 heteroatoms. The number of imidazole rings is 1. The van der Waals surface area contributed by atoms with E-state index < -0.39 is 0 Å². The minimum absolute atomic E-state index is 0.703. The molecule has 2 rings (SSSR count). The van der Waals surface area contributed by atoms with Crippen molar-refractivity contribution in [3.63, 3.8) is 0 Å². The molecule has 68 valence electrons. The third-order valence-corrected chi connectivity index (χ3v) is 3.04. The van der Waals surface area contributed by atoms with Gasteiger partial charge in [0, 0.05) is 9.77 Å². The molecule has 0 spiro atoms. The maximum atomic E-state index is 5.85. The first-order valence-electron chi connectivity index (χ1n) is 3.69. The molecular formula is C8H7BrIN3. The summed E-state index contributed by atoms with van der Waals surface area (Å²) in [6.07, 6.45) is 1.97. The van der Waals surface area contributed by atoms with E-state index in [9.17, 15) is 0 Å². The maximum absolute atomic E-state index is 5.85. The van der Waals surface area contributed by atoms with Crippen molar-refractivity contribution in [2.45, 2.75) is 6.92 Å². The Kier molecular flexibility index (Phi) is 2.23. The van der Waals surface area contributed by atoms with Crippen LogP contribution in [0.3, 0.4) is 0 Å². The van der Waals surface area contributed by atoms with Crippen LogP contribution in [0.15, 0.2) is 16.7 Å². The molecule has 0 aliphatic heterocycles. The van der Waals surface area contributed by atoms with Gasteiger partial charge >= 0.3 is 0 Å². The number of aryl methyl sites for hydroxylation is 1. The molecule has 0 aliphatic carbocycles. The molecule has 0 atom stereocenters. The Morgan fingerprint density at radius 3 is 3.00 bits per heavy atom. The van der Waals surface area contributed by atoms with Crippen LogP contribution >= 0.6 is 38.5 Å². The van der Waals surface area contributed by atoms with Crippen LogP contribution in [0.5, 0.6) is 0 Å². The van der Waals surface area contributed by atoms with Gasteiger partial charge < -0.3 is 5.73 Å². The average Bonchev–Trinajstić information content (AvgIpc) is 2.32. The van der Waals surface area contributed by atoms with Gasteiger partial charge in [0.25, 0.3) is 0 Å². The second-order valence-corrected chi connectivity index (χ2v) is 4.88. The van der Waals surface area contributed by atoms with Gasteiger partial charge in [0.2, 0.25) is 0 Å². The average molecular weight is 352 g/mol. The van der Waals surface area contributed by atoms with Crippen LogP contribution in [0.2, 0.25) is 0 Å². The molecule has 3 nitrogen and oxygen atoms in total. The first-order chi connectivity index (χ1) is 6.09. The van der Waals surface area contributed by atoms with Gasteiger partial charge in [-0.05, 0) is 51.5 Å². The van der Waals surface area contributed by atoms with Crippen molar-refractivity contribution in [1.29, 1.82) is 0 Å². The molecule has 0 fully saturated rings. The molecule has 0 aliphatic rings. The summed E-state index contributed by atoms with van der Waals surface area (Å²) in [6.45, 7) is 1.90. The molecule has 0 radical (unpaired) electrons. The Morgan fingerprint density at radius 2 is 2.31 bits per heavy atom.